The van der Waals surface area contributed by atoms with Gasteiger partial charge in [-0.05, 0) is 52.0 Å². The zero-order valence-electron chi connectivity index (χ0n) is 15.5. The molecule has 1 atom stereocenters. The van der Waals surface area contributed by atoms with Crippen molar-refractivity contribution < 1.29 is 4.79 Å². The number of nitrogens with one attached hydrogen (secondary N) is 1. The Bertz CT molecular complexity index is 932. The Hall–Kier alpha value is -1.90. The molecule has 0 spiro atoms. The molecule has 9 heteroatoms. The van der Waals surface area contributed by atoms with Gasteiger partial charge in [-0.15, -0.1) is 21.5 Å². The van der Waals surface area contributed by atoms with Gasteiger partial charge in [0, 0.05) is 22.0 Å². The predicted molar refractivity (Wildman–Crippen MR) is 112 cm³/mol. The van der Waals surface area contributed by atoms with Crippen molar-refractivity contribution in [2.24, 2.45) is 0 Å². The molecule has 3 aromatic rings. The van der Waals surface area contributed by atoms with Gasteiger partial charge in [0.2, 0.25) is 5.91 Å². The van der Waals surface area contributed by atoms with Gasteiger partial charge in [-0.1, -0.05) is 23.4 Å². The number of carbonyl (C=O) groups is 1. The summed E-state index contributed by atoms with van der Waals surface area (Å²) < 4.78 is 2.00. The number of hydrogen-bond acceptors (Lipinski definition) is 6. The average Bonchev–Trinajstić information content (AvgIpc) is 3.18. The summed E-state index contributed by atoms with van der Waals surface area (Å²) in [6.45, 7) is 8.50. The van der Waals surface area contributed by atoms with Gasteiger partial charge in [0.05, 0.1) is 10.9 Å². The van der Waals surface area contributed by atoms with Gasteiger partial charge in [0.15, 0.2) is 16.1 Å². The third-order valence-electron chi connectivity index (χ3n) is 4.05. The van der Waals surface area contributed by atoms with Crippen molar-refractivity contribution in [2.45, 2.75) is 44.6 Å². The van der Waals surface area contributed by atoms with E-state index in [4.69, 9.17) is 11.6 Å². The molecule has 0 radical (unpaired) electrons. The van der Waals surface area contributed by atoms with E-state index in [1.807, 2.05) is 56.5 Å². The van der Waals surface area contributed by atoms with Crippen LogP contribution in [0, 0.1) is 13.8 Å². The topological polar surface area (TPSA) is 72.7 Å². The Kier molecular flexibility index (Phi) is 6.18. The molecular formula is C18H20ClN5OS2. The lowest BCUT2D eigenvalue weighted by molar-refractivity contribution is -0.115. The lowest BCUT2D eigenvalue weighted by Gasteiger charge is -2.11. The monoisotopic (exact) mass is 421 g/mol. The first-order chi connectivity index (χ1) is 12.9. The maximum absolute atomic E-state index is 12.5. The van der Waals surface area contributed by atoms with Crippen LogP contribution in [0.3, 0.4) is 0 Å². The van der Waals surface area contributed by atoms with E-state index in [2.05, 4.69) is 20.5 Å². The summed E-state index contributed by atoms with van der Waals surface area (Å²) in [5, 5.41) is 13.1. The number of anilines is 1. The molecule has 0 bridgehead atoms. The first-order valence-corrected chi connectivity index (χ1v) is 10.6. The summed E-state index contributed by atoms with van der Waals surface area (Å²) in [7, 11) is 0. The SMILES string of the molecule is CCn1c(SC(C)C(=O)Nc2nc(C)c(C)s2)nnc1-c1ccc(Cl)cc1. The number of thioether (sulfide) groups is 1. The molecule has 1 unspecified atom stereocenters. The van der Waals surface area contributed by atoms with Gasteiger partial charge in [-0.2, -0.15) is 0 Å². The molecule has 0 aliphatic carbocycles. The van der Waals surface area contributed by atoms with Gasteiger partial charge in [0.1, 0.15) is 0 Å². The third kappa shape index (κ3) is 4.51. The Morgan fingerprint density at radius 2 is 2.00 bits per heavy atom. The largest absolute Gasteiger partial charge is 0.302 e. The van der Waals surface area contributed by atoms with Crippen LogP contribution < -0.4 is 5.32 Å². The molecule has 27 heavy (non-hydrogen) atoms. The Labute approximate surface area is 171 Å². The number of halogens is 1. The van der Waals surface area contributed by atoms with Gasteiger partial charge in [0.25, 0.3) is 0 Å². The number of thiazole rings is 1. The molecule has 0 saturated carbocycles. The molecule has 2 aromatic heterocycles. The van der Waals surface area contributed by atoms with E-state index in [9.17, 15) is 4.79 Å². The molecular weight excluding hydrogens is 402 g/mol. The highest BCUT2D eigenvalue weighted by atomic mass is 35.5. The fourth-order valence-corrected chi connectivity index (χ4v) is 4.27. The third-order valence-corrected chi connectivity index (χ3v) is 6.37. The van der Waals surface area contributed by atoms with Crippen molar-refractivity contribution in [2.75, 3.05) is 5.32 Å². The van der Waals surface area contributed by atoms with Gasteiger partial charge in [-0.25, -0.2) is 4.98 Å². The van der Waals surface area contributed by atoms with Gasteiger partial charge >= 0.3 is 0 Å². The van der Waals surface area contributed by atoms with E-state index >= 15 is 0 Å². The van der Waals surface area contributed by atoms with Gasteiger partial charge < -0.3 is 9.88 Å². The number of rotatable bonds is 6. The highest BCUT2D eigenvalue weighted by Gasteiger charge is 2.21. The molecule has 6 nitrogen and oxygen atoms in total. The van der Waals surface area contributed by atoms with Crippen LogP contribution in [0.5, 0.6) is 0 Å². The minimum absolute atomic E-state index is 0.104. The molecule has 2 heterocycles. The highest BCUT2D eigenvalue weighted by molar-refractivity contribution is 8.00. The van der Waals surface area contributed by atoms with Crippen LogP contribution in [-0.2, 0) is 11.3 Å². The number of aromatic nitrogens is 4. The van der Waals surface area contributed by atoms with Crippen LogP contribution >= 0.6 is 34.7 Å². The molecule has 0 saturated heterocycles. The normalized spacial score (nSPS) is 12.2. The fraction of sp³-hybridized carbons (Fsp3) is 0.333. The Balaban J connectivity index is 1.74. The van der Waals surface area contributed by atoms with Crippen LogP contribution in [0.15, 0.2) is 29.4 Å². The minimum Gasteiger partial charge on any atom is -0.302 e. The molecule has 0 aliphatic heterocycles. The number of carbonyl (C=O) groups excluding carboxylic acids is 1. The summed E-state index contributed by atoms with van der Waals surface area (Å²) in [5.74, 6) is 0.655. The second-order valence-corrected chi connectivity index (χ2v) is 8.91. The predicted octanol–water partition coefficient (Wildman–Crippen LogP) is 4.81. The average molecular weight is 422 g/mol. The van der Waals surface area contributed by atoms with Crippen LogP contribution in [0.2, 0.25) is 5.02 Å². The number of aryl methyl sites for hydroxylation is 2. The Morgan fingerprint density at radius 3 is 2.59 bits per heavy atom. The molecule has 0 aliphatic rings. The van der Waals surface area contributed by atoms with Crippen molar-refractivity contribution in [1.82, 2.24) is 19.7 Å². The lowest BCUT2D eigenvalue weighted by atomic mass is 10.2. The lowest BCUT2D eigenvalue weighted by Crippen LogP contribution is -2.22. The number of amides is 1. The Morgan fingerprint density at radius 1 is 1.30 bits per heavy atom. The molecule has 1 N–H and O–H groups in total. The smallest absolute Gasteiger partial charge is 0.239 e. The second-order valence-electron chi connectivity index (χ2n) is 5.97. The standard InChI is InChI=1S/C18H20ClN5OS2/c1-5-24-15(13-6-8-14(19)9-7-13)22-23-18(24)27-12(4)16(25)21-17-20-10(2)11(3)26-17/h6-9,12H,5H2,1-4H3,(H,20,21,25). The number of benzene rings is 1. The summed E-state index contributed by atoms with van der Waals surface area (Å²) in [6.07, 6.45) is 0. The van der Waals surface area contributed by atoms with E-state index in [0.29, 0.717) is 21.9 Å². The molecule has 3 rings (SSSR count). The summed E-state index contributed by atoms with van der Waals surface area (Å²) in [6, 6.07) is 7.48. The highest BCUT2D eigenvalue weighted by Crippen LogP contribution is 2.28. The quantitative estimate of drug-likeness (QED) is 0.578. The molecule has 0 fully saturated rings. The second kappa shape index (κ2) is 8.41. The fourth-order valence-electron chi connectivity index (χ4n) is 2.42. The van der Waals surface area contributed by atoms with Crippen molar-refractivity contribution in [3.8, 4) is 11.4 Å². The van der Waals surface area contributed by atoms with Crippen molar-refractivity contribution in [1.29, 1.82) is 0 Å². The summed E-state index contributed by atoms with van der Waals surface area (Å²) in [5.41, 5.74) is 1.88. The van der Waals surface area contributed by atoms with E-state index in [1.54, 1.807) is 0 Å². The first-order valence-electron chi connectivity index (χ1n) is 8.49. The minimum atomic E-state index is -0.331. The van der Waals surface area contributed by atoms with Crippen LogP contribution in [-0.4, -0.2) is 30.9 Å². The molecule has 1 aromatic carbocycles. The summed E-state index contributed by atoms with van der Waals surface area (Å²) >= 11 is 8.82. The zero-order chi connectivity index (χ0) is 19.6. The van der Waals surface area contributed by atoms with Gasteiger partial charge in [-0.3, -0.25) is 4.79 Å². The summed E-state index contributed by atoms with van der Waals surface area (Å²) in [4.78, 5) is 18.0. The maximum Gasteiger partial charge on any atom is 0.239 e. The van der Waals surface area contributed by atoms with Crippen molar-refractivity contribution in [3.05, 3.63) is 39.9 Å². The number of nitrogens with zero attached hydrogens (tertiary/aromatic N) is 4. The number of hydrogen-bond donors (Lipinski definition) is 1. The van der Waals surface area contributed by atoms with E-state index in [-0.39, 0.29) is 11.2 Å². The molecule has 142 valence electrons. The van der Waals surface area contributed by atoms with Crippen LogP contribution in [0.4, 0.5) is 5.13 Å². The van der Waals surface area contributed by atoms with E-state index in [0.717, 1.165) is 22.0 Å². The van der Waals surface area contributed by atoms with Crippen molar-refractivity contribution >= 4 is 45.7 Å². The zero-order valence-corrected chi connectivity index (χ0v) is 17.9. The molecule has 1 amide bonds. The first kappa shape index (κ1) is 19.9. The van der Waals surface area contributed by atoms with E-state index < -0.39 is 0 Å². The van der Waals surface area contributed by atoms with E-state index in [1.165, 1.54) is 23.1 Å². The van der Waals surface area contributed by atoms with Crippen molar-refractivity contribution in [3.63, 3.8) is 0 Å². The maximum atomic E-state index is 12.5. The van der Waals surface area contributed by atoms with Crippen LogP contribution in [0.1, 0.15) is 24.4 Å². The van der Waals surface area contributed by atoms with Crippen LogP contribution in [0.25, 0.3) is 11.4 Å².